The van der Waals surface area contributed by atoms with Gasteiger partial charge in [-0.05, 0) is 36.9 Å². The van der Waals surface area contributed by atoms with Gasteiger partial charge in [-0.2, -0.15) is 5.26 Å². The first-order valence-corrected chi connectivity index (χ1v) is 8.92. The molecule has 0 saturated carbocycles. The van der Waals surface area contributed by atoms with Crippen LogP contribution in [0.15, 0.2) is 46.3 Å². The number of rotatable bonds is 3. The molecule has 3 rings (SSSR count). The Morgan fingerprint density at radius 3 is 2.70 bits per heavy atom. The van der Waals surface area contributed by atoms with Crippen molar-refractivity contribution >= 4 is 23.1 Å². The van der Waals surface area contributed by atoms with Crippen LogP contribution in [0, 0.1) is 18.3 Å². The number of nitriles is 1. The Morgan fingerprint density at radius 1 is 1.26 bits per heavy atom. The second kappa shape index (κ2) is 6.41. The van der Waals surface area contributed by atoms with Gasteiger partial charge in [0.05, 0.1) is 5.69 Å². The highest BCUT2D eigenvalue weighted by atomic mass is 32.2. The van der Waals surface area contributed by atoms with Gasteiger partial charge >= 0.3 is 0 Å². The molecule has 6 heteroatoms. The summed E-state index contributed by atoms with van der Waals surface area (Å²) in [4.78, 5) is 21.5. The number of aromatic amines is 1. The van der Waals surface area contributed by atoms with Crippen LogP contribution >= 0.6 is 23.1 Å². The molecule has 0 fully saturated rings. The summed E-state index contributed by atoms with van der Waals surface area (Å²) in [5, 5.41) is 9.80. The highest BCUT2D eigenvalue weighted by molar-refractivity contribution is 7.98. The van der Waals surface area contributed by atoms with Crippen LogP contribution < -0.4 is 5.56 Å². The van der Waals surface area contributed by atoms with Crippen molar-refractivity contribution in [2.75, 3.05) is 6.26 Å². The van der Waals surface area contributed by atoms with E-state index in [4.69, 9.17) is 0 Å². The lowest BCUT2D eigenvalue weighted by atomic mass is 10.0. The Hall–Kier alpha value is -2.36. The quantitative estimate of drug-likeness (QED) is 0.577. The van der Waals surface area contributed by atoms with E-state index >= 15 is 0 Å². The third-order valence-electron chi connectivity index (χ3n) is 3.36. The summed E-state index contributed by atoms with van der Waals surface area (Å²) in [6, 6.07) is 13.9. The Labute approximate surface area is 141 Å². The summed E-state index contributed by atoms with van der Waals surface area (Å²) in [6.07, 6.45) is 1.83. The van der Waals surface area contributed by atoms with Crippen molar-refractivity contribution in [3.8, 4) is 27.8 Å². The Bertz CT molecular complexity index is 966. The van der Waals surface area contributed by atoms with Crippen molar-refractivity contribution in [1.29, 1.82) is 5.26 Å². The number of nitrogens with one attached hydrogen (secondary N) is 1. The van der Waals surface area contributed by atoms with Crippen LogP contribution in [0.4, 0.5) is 0 Å². The zero-order chi connectivity index (χ0) is 16.4. The largest absolute Gasteiger partial charge is 0.300 e. The number of nitrogens with zero attached hydrogens (tertiary/aromatic N) is 2. The van der Waals surface area contributed by atoms with E-state index in [1.807, 2.05) is 36.6 Å². The Kier molecular flexibility index (Phi) is 4.33. The minimum Gasteiger partial charge on any atom is -0.300 e. The van der Waals surface area contributed by atoms with Gasteiger partial charge in [-0.1, -0.05) is 30.0 Å². The van der Waals surface area contributed by atoms with E-state index in [1.165, 1.54) is 16.6 Å². The van der Waals surface area contributed by atoms with Crippen LogP contribution in [0.2, 0.25) is 0 Å². The summed E-state index contributed by atoms with van der Waals surface area (Å²) < 4.78 is 0. The van der Waals surface area contributed by atoms with Crippen molar-refractivity contribution in [2.45, 2.75) is 12.1 Å². The SMILES string of the molecule is CSc1nc(-c2cccc(-c3ccc(C)s3)c2)c(C#N)c(=O)[nH]1. The first kappa shape index (κ1) is 15.5. The van der Waals surface area contributed by atoms with E-state index in [9.17, 15) is 10.1 Å². The van der Waals surface area contributed by atoms with Crippen LogP contribution in [-0.2, 0) is 0 Å². The fourth-order valence-electron chi connectivity index (χ4n) is 2.27. The number of hydrogen-bond acceptors (Lipinski definition) is 5. The highest BCUT2D eigenvalue weighted by Gasteiger charge is 2.14. The number of H-pyrrole nitrogens is 1. The lowest BCUT2D eigenvalue weighted by Crippen LogP contribution is -2.14. The van der Waals surface area contributed by atoms with E-state index < -0.39 is 5.56 Å². The number of hydrogen-bond donors (Lipinski definition) is 1. The molecule has 1 aromatic carbocycles. The minimum absolute atomic E-state index is 0.0438. The van der Waals surface area contributed by atoms with Gasteiger partial charge in [-0.25, -0.2) is 4.98 Å². The molecule has 0 bridgehead atoms. The summed E-state index contributed by atoms with van der Waals surface area (Å²) in [5.74, 6) is 0. The van der Waals surface area contributed by atoms with Crippen molar-refractivity contribution in [3.63, 3.8) is 0 Å². The molecule has 0 aliphatic carbocycles. The molecule has 3 aromatic rings. The fraction of sp³-hybridized carbons (Fsp3) is 0.118. The highest BCUT2D eigenvalue weighted by Crippen LogP contribution is 2.31. The van der Waals surface area contributed by atoms with Crippen molar-refractivity contribution in [1.82, 2.24) is 9.97 Å². The van der Waals surface area contributed by atoms with Crippen molar-refractivity contribution < 1.29 is 0 Å². The summed E-state index contributed by atoms with van der Waals surface area (Å²) in [6.45, 7) is 2.06. The predicted octanol–water partition coefficient (Wildman–Crippen LogP) is 4.07. The van der Waals surface area contributed by atoms with E-state index in [-0.39, 0.29) is 5.56 Å². The van der Waals surface area contributed by atoms with Gasteiger partial charge in [0.2, 0.25) is 0 Å². The summed E-state index contributed by atoms with van der Waals surface area (Å²) in [7, 11) is 0. The Morgan fingerprint density at radius 2 is 2.04 bits per heavy atom. The third kappa shape index (κ3) is 3.07. The van der Waals surface area contributed by atoms with Gasteiger partial charge in [0.1, 0.15) is 11.6 Å². The molecule has 0 spiro atoms. The molecule has 23 heavy (non-hydrogen) atoms. The lowest BCUT2D eigenvalue weighted by molar-refractivity contribution is 0.938. The maximum absolute atomic E-state index is 12.1. The van der Waals surface area contributed by atoms with Crippen LogP contribution in [0.25, 0.3) is 21.7 Å². The molecule has 0 radical (unpaired) electrons. The molecule has 0 aliphatic rings. The predicted molar refractivity (Wildman–Crippen MR) is 94.8 cm³/mol. The molecule has 1 N–H and O–H groups in total. The first-order valence-electron chi connectivity index (χ1n) is 6.88. The van der Waals surface area contributed by atoms with E-state index in [0.29, 0.717) is 10.9 Å². The Balaban J connectivity index is 2.18. The summed E-state index contributed by atoms with van der Waals surface area (Å²) >= 11 is 3.05. The molecule has 0 aliphatic heterocycles. The van der Waals surface area contributed by atoms with E-state index in [2.05, 4.69) is 29.0 Å². The van der Waals surface area contributed by atoms with Gasteiger partial charge in [-0.3, -0.25) is 4.79 Å². The van der Waals surface area contributed by atoms with E-state index in [0.717, 1.165) is 16.0 Å². The number of aryl methyl sites for hydroxylation is 1. The zero-order valence-corrected chi connectivity index (χ0v) is 14.2. The van der Waals surface area contributed by atoms with Gasteiger partial charge < -0.3 is 4.98 Å². The van der Waals surface area contributed by atoms with Crippen LogP contribution in [-0.4, -0.2) is 16.2 Å². The van der Waals surface area contributed by atoms with Crippen molar-refractivity contribution in [2.24, 2.45) is 0 Å². The number of aromatic nitrogens is 2. The minimum atomic E-state index is -0.403. The second-order valence-electron chi connectivity index (χ2n) is 4.90. The number of thiophene rings is 1. The second-order valence-corrected chi connectivity index (χ2v) is 6.98. The molecular formula is C17H13N3OS2. The van der Waals surface area contributed by atoms with Crippen LogP contribution in [0.1, 0.15) is 10.4 Å². The molecule has 0 atom stereocenters. The fourth-order valence-corrected chi connectivity index (χ4v) is 3.51. The topological polar surface area (TPSA) is 69.5 Å². The maximum Gasteiger partial charge on any atom is 0.270 e. The molecular weight excluding hydrogens is 326 g/mol. The van der Waals surface area contributed by atoms with Crippen LogP contribution in [0.5, 0.6) is 0 Å². The molecule has 2 heterocycles. The average Bonchev–Trinajstić information content (AvgIpc) is 3.00. The number of benzene rings is 1. The first-order chi connectivity index (χ1) is 11.1. The maximum atomic E-state index is 12.1. The molecule has 0 unspecified atom stereocenters. The lowest BCUT2D eigenvalue weighted by Gasteiger charge is -2.07. The standard InChI is InChI=1S/C17H13N3OS2/c1-10-6-7-14(23-10)11-4-3-5-12(8-11)15-13(9-18)16(21)20-17(19-15)22-2/h3-8H,1-2H3,(H,19,20,21). The molecule has 2 aromatic heterocycles. The monoisotopic (exact) mass is 339 g/mol. The van der Waals surface area contributed by atoms with Gasteiger partial charge in [0.25, 0.3) is 5.56 Å². The summed E-state index contributed by atoms with van der Waals surface area (Å²) in [5.41, 5.74) is 1.89. The molecule has 4 nitrogen and oxygen atoms in total. The number of thioether (sulfide) groups is 1. The van der Waals surface area contributed by atoms with Crippen molar-refractivity contribution in [3.05, 3.63) is 57.2 Å². The third-order valence-corrected chi connectivity index (χ3v) is 4.99. The molecule has 114 valence electrons. The van der Waals surface area contributed by atoms with E-state index in [1.54, 1.807) is 11.3 Å². The average molecular weight is 339 g/mol. The zero-order valence-electron chi connectivity index (χ0n) is 12.6. The molecule has 0 saturated heterocycles. The molecule has 0 amide bonds. The smallest absolute Gasteiger partial charge is 0.270 e. The van der Waals surface area contributed by atoms with Gasteiger partial charge in [-0.15, -0.1) is 11.3 Å². The van der Waals surface area contributed by atoms with Crippen LogP contribution in [0.3, 0.4) is 0 Å². The van der Waals surface area contributed by atoms with Gasteiger partial charge in [0.15, 0.2) is 5.16 Å². The normalized spacial score (nSPS) is 10.5. The van der Waals surface area contributed by atoms with Gasteiger partial charge in [0, 0.05) is 15.3 Å².